The first kappa shape index (κ1) is 12.2. The van der Waals surface area contributed by atoms with Crippen LogP contribution in [0.1, 0.15) is 24.0 Å². The highest BCUT2D eigenvalue weighted by atomic mass is 32.1. The lowest BCUT2D eigenvalue weighted by Gasteiger charge is -2.05. The van der Waals surface area contributed by atoms with Crippen molar-refractivity contribution >= 4 is 22.0 Å². The maximum atomic E-state index is 4.59. The van der Waals surface area contributed by atoms with E-state index in [1.165, 1.54) is 11.4 Å². The number of imidazole rings is 1. The molecule has 5 nitrogen and oxygen atoms in total. The first-order valence-corrected chi connectivity index (χ1v) is 7.25. The summed E-state index contributed by atoms with van der Waals surface area (Å²) >= 11 is 1.69. The molecule has 0 aromatic carbocycles. The Balaban J connectivity index is 1.84. The van der Waals surface area contributed by atoms with Gasteiger partial charge in [-0.25, -0.2) is 4.98 Å². The van der Waals surface area contributed by atoms with E-state index < -0.39 is 0 Å². The fraction of sp³-hybridized carbons (Fsp3) is 0.385. The Kier molecular flexibility index (Phi) is 3.02. The van der Waals surface area contributed by atoms with E-state index in [2.05, 4.69) is 46.0 Å². The van der Waals surface area contributed by atoms with Gasteiger partial charge in [-0.3, -0.25) is 9.08 Å². The Hall–Kier alpha value is -1.82. The van der Waals surface area contributed by atoms with Crippen LogP contribution < -0.4 is 5.32 Å². The Labute approximate surface area is 115 Å². The Morgan fingerprint density at radius 1 is 1.37 bits per heavy atom. The van der Waals surface area contributed by atoms with E-state index in [4.69, 9.17) is 0 Å². The Morgan fingerprint density at radius 2 is 2.21 bits per heavy atom. The molecule has 0 radical (unpaired) electrons. The minimum absolute atomic E-state index is 0.764. The molecule has 0 saturated carbocycles. The molecule has 0 saturated heterocycles. The molecular weight excluding hydrogens is 258 g/mol. The summed E-state index contributed by atoms with van der Waals surface area (Å²) < 4.78 is 4.13. The number of nitrogens with one attached hydrogen (secondary N) is 1. The number of hydrogen-bond acceptors (Lipinski definition) is 4. The number of nitrogens with zero attached hydrogens (tertiary/aromatic N) is 4. The highest BCUT2D eigenvalue weighted by molar-refractivity contribution is 7.15. The van der Waals surface area contributed by atoms with Crippen molar-refractivity contribution in [2.45, 2.75) is 33.9 Å². The van der Waals surface area contributed by atoms with E-state index in [0.29, 0.717) is 0 Å². The second kappa shape index (κ2) is 4.70. The van der Waals surface area contributed by atoms with Crippen LogP contribution in [0.4, 0.5) is 5.69 Å². The number of hydrogen-bond donors (Lipinski definition) is 1. The molecule has 3 aromatic rings. The van der Waals surface area contributed by atoms with E-state index in [9.17, 15) is 0 Å². The monoisotopic (exact) mass is 275 g/mol. The van der Waals surface area contributed by atoms with Crippen molar-refractivity contribution in [1.82, 2.24) is 19.2 Å². The van der Waals surface area contributed by atoms with Gasteiger partial charge in [-0.05, 0) is 20.8 Å². The standard InChI is InChI=1S/C13H17N5S/c1-4-17-7-11(5-15-17)14-6-12-10(3)16-13-18(12)9(2)8-19-13/h5,7-8,14H,4,6H2,1-3H3. The number of aryl methyl sites for hydroxylation is 3. The molecule has 3 heterocycles. The average molecular weight is 275 g/mol. The largest absolute Gasteiger partial charge is 0.377 e. The van der Waals surface area contributed by atoms with E-state index in [0.717, 1.165) is 29.4 Å². The summed E-state index contributed by atoms with van der Waals surface area (Å²) in [4.78, 5) is 5.65. The van der Waals surface area contributed by atoms with E-state index in [1.807, 2.05) is 17.1 Å². The van der Waals surface area contributed by atoms with Gasteiger partial charge in [-0.15, -0.1) is 11.3 Å². The van der Waals surface area contributed by atoms with Gasteiger partial charge in [0.05, 0.1) is 29.8 Å². The van der Waals surface area contributed by atoms with Crippen LogP contribution >= 0.6 is 11.3 Å². The summed E-state index contributed by atoms with van der Waals surface area (Å²) in [6.07, 6.45) is 3.88. The molecule has 6 heteroatoms. The minimum atomic E-state index is 0.764. The van der Waals surface area contributed by atoms with Gasteiger partial charge in [0.25, 0.3) is 0 Å². The van der Waals surface area contributed by atoms with Gasteiger partial charge in [0, 0.05) is 23.8 Å². The molecule has 3 rings (SSSR count). The average Bonchev–Trinajstić information content (AvgIpc) is 3.06. The fourth-order valence-electron chi connectivity index (χ4n) is 2.19. The molecule has 0 fully saturated rings. The van der Waals surface area contributed by atoms with Gasteiger partial charge in [0.15, 0.2) is 4.96 Å². The molecule has 1 N–H and O–H groups in total. The molecule has 0 atom stereocenters. The first-order chi connectivity index (χ1) is 9.19. The van der Waals surface area contributed by atoms with Crippen LogP contribution in [0.5, 0.6) is 0 Å². The summed E-state index contributed by atoms with van der Waals surface area (Å²) in [6, 6.07) is 0. The predicted octanol–water partition coefficient (Wildman–Crippen LogP) is 2.84. The Morgan fingerprint density at radius 3 is 2.95 bits per heavy atom. The number of anilines is 1. The quantitative estimate of drug-likeness (QED) is 0.796. The van der Waals surface area contributed by atoms with E-state index >= 15 is 0 Å². The number of fused-ring (bicyclic) bond motifs is 1. The van der Waals surface area contributed by atoms with Crippen LogP contribution in [0.25, 0.3) is 4.96 Å². The number of thiazole rings is 1. The second-order valence-electron chi connectivity index (χ2n) is 4.58. The van der Waals surface area contributed by atoms with Gasteiger partial charge in [-0.2, -0.15) is 5.10 Å². The fourth-order valence-corrected chi connectivity index (χ4v) is 3.12. The lowest BCUT2D eigenvalue weighted by Crippen LogP contribution is -2.04. The van der Waals surface area contributed by atoms with Crippen LogP contribution in [0.2, 0.25) is 0 Å². The topological polar surface area (TPSA) is 47.2 Å². The Bertz CT molecular complexity index is 706. The zero-order valence-corrected chi connectivity index (χ0v) is 12.2. The van der Waals surface area contributed by atoms with Crippen molar-refractivity contribution in [1.29, 1.82) is 0 Å². The smallest absolute Gasteiger partial charge is 0.194 e. The molecule has 0 spiro atoms. The molecule has 0 unspecified atom stereocenters. The second-order valence-corrected chi connectivity index (χ2v) is 5.41. The highest BCUT2D eigenvalue weighted by Gasteiger charge is 2.11. The molecule has 3 aromatic heterocycles. The molecule has 19 heavy (non-hydrogen) atoms. The van der Waals surface area contributed by atoms with Crippen molar-refractivity contribution in [2.24, 2.45) is 0 Å². The van der Waals surface area contributed by atoms with Gasteiger partial charge in [-0.1, -0.05) is 0 Å². The molecule has 0 bridgehead atoms. The molecule has 0 aliphatic heterocycles. The normalized spacial score (nSPS) is 11.3. The number of rotatable bonds is 4. The molecule has 0 aliphatic carbocycles. The summed E-state index contributed by atoms with van der Waals surface area (Å²) in [6.45, 7) is 7.91. The van der Waals surface area contributed by atoms with Crippen LogP contribution in [0, 0.1) is 13.8 Å². The molecular formula is C13H17N5S. The molecule has 100 valence electrons. The predicted molar refractivity (Wildman–Crippen MR) is 77.8 cm³/mol. The van der Waals surface area contributed by atoms with E-state index in [1.54, 1.807) is 11.3 Å². The SMILES string of the molecule is CCn1cc(NCc2c(C)nc3scc(C)n23)cn1. The maximum absolute atomic E-state index is 4.59. The van der Waals surface area contributed by atoms with Gasteiger partial charge in [0.1, 0.15) is 0 Å². The van der Waals surface area contributed by atoms with Crippen LogP contribution in [-0.4, -0.2) is 19.2 Å². The molecule has 0 aliphatic rings. The van der Waals surface area contributed by atoms with Crippen molar-refractivity contribution < 1.29 is 0 Å². The number of aromatic nitrogens is 4. The van der Waals surface area contributed by atoms with Gasteiger partial charge in [0.2, 0.25) is 0 Å². The van der Waals surface area contributed by atoms with Crippen LogP contribution in [0.3, 0.4) is 0 Å². The lowest BCUT2D eigenvalue weighted by atomic mass is 10.3. The summed E-state index contributed by atoms with van der Waals surface area (Å²) in [5.41, 5.74) is 4.59. The van der Waals surface area contributed by atoms with Crippen molar-refractivity contribution in [2.75, 3.05) is 5.32 Å². The van der Waals surface area contributed by atoms with Gasteiger partial charge >= 0.3 is 0 Å². The van der Waals surface area contributed by atoms with E-state index in [-0.39, 0.29) is 0 Å². The van der Waals surface area contributed by atoms with Crippen molar-refractivity contribution in [3.8, 4) is 0 Å². The third kappa shape index (κ3) is 2.12. The van der Waals surface area contributed by atoms with Crippen LogP contribution in [0.15, 0.2) is 17.8 Å². The third-order valence-electron chi connectivity index (χ3n) is 3.25. The van der Waals surface area contributed by atoms with Crippen LogP contribution in [-0.2, 0) is 13.1 Å². The summed E-state index contributed by atoms with van der Waals surface area (Å²) in [7, 11) is 0. The molecule has 0 amide bonds. The van der Waals surface area contributed by atoms with Crippen molar-refractivity contribution in [3.63, 3.8) is 0 Å². The zero-order valence-electron chi connectivity index (χ0n) is 11.3. The maximum Gasteiger partial charge on any atom is 0.194 e. The minimum Gasteiger partial charge on any atom is -0.377 e. The lowest BCUT2D eigenvalue weighted by molar-refractivity contribution is 0.660. The highest BCUT2D eigenvalue weighted by Crippen LogP contribution is 2.21. The zero-order chi connectivity index (χ0) is 13.4. The van der Waals surface area contributed by atoms with Crippen molar-refractivity contribution in [3.05, 3.63) is 34.9 Å². The summed E-state index contributed by atoms with van der Waals surface area (Å²) in [5, 5.41) is 9.81. The first-order valence-electron chi connectivity index (χ1n) is 6.37. The van der Waals surface area contributed by atoms with Gasteiger partial charge < -0.3 is 5.32 Å². The third-order valence-corrected chi connectivity index (χ3v) is 4.19. The summed E-state index contributed by atoms with van der Waals surface area (Å²) in [5.74, 6) is 0.